The normalized spacial score (nSPS) is 18.8. The van der Waals surface area contributed by atoms with Crippen molar-refractivity contribution in [3.05, 3.63) is 29.8 Å². The van der Waals surface area contributed by atoms with E-state index in [-0.39, 0.29) is 11.7 Å². The van der Waals surface area contributed by atoms with Gasteiger partial charge in [0, 0.05) is 18.2 Å². The molecule has 1 fully saturated rings. The van der Waals surface area contributed by atoms with Gasteiger partial charge in [0.1, 0.15) is 11.9 Å². The highest BCUT2D eigenvalue weighted by atomic mass is 15.2. The second kappa shape index (κ2) is 7.56. The highest BCUT2D eigenvalue weighted by Crippen LogP contribution is 2.25. The minimum Gasteiger partial charge on any atom is -0.380 e. The van der Waals surface area contributed by atoms with Gasteiger partial charge >= 0.3 is 0 Å². The molecule has 2 atom stereocenters. The number of aromatic nitrogens is 4. The molecule has 25 heavy (non-hydrogen) atoms. The fourth-order valence-corrected chi connectivity index (χ4v) is 2.72. The standard InChI is InChI=1S/C17H18N8/c1-2-3-14-15(22-12-5-4-11(19)6-12)7-16(25-24-14)23-17-10-20-13(8-18)9-21-17/h7,9-12H,4-6,19H2,1H3,(H2,21,22,23,25). The number of nitrogens with two attached hydrogens (primary N) is 1. The van der Waals surface area contributed by atoms with Crippen molar-refractivity contribution in [2.75, 3.05) is 10.6 Å². The Bertz CT molecular complexity index is 844. The summed E-state index contributed by atoms with van der Waals surface area (Å²) in [4.78, 5) is 8.09. The summed E-state index contributed by atoms with van der Waals surface area (Å²) < 4.78 is 0. The van der Waals surface area contributed by atoms with Crippen LogP contribution in [-0.4, -0.2) is 32.2 Å². The van der Waals surface area contributed by atoms with E-state index in [0.29, 0.717) is 23.4 Å². The number of anilines is 3. The predicted octanol–water partition coefficient (Wildman–Crippen LogP) is 1.54. The number of nitrogens with one attached hydrogen (secondary N) is 2. The minimum absolute atomic E-state index is 0.236. The quantitative estimate of drug-likeness (QED) is 0.719. The van der Waals surface area contributed by atoms with Crippen molar-refractivity contribution in [3.63, 3.8) is 0 Å². The van der Waals surface area contributed by atoms with Crippen molar-refractivity contribution in [3.8, 4) is 17.9 Å². The molecule has 2 heterocycles. The number of hydrogen-bond acceptors (Lipinski definition) is 8. The molecule has 126 valence electrons. The van der Waals surface area contributed by atoms with E-state index in [0.717, 1.165) is 24.9 Å². The lowest BCUT2D eigenvalue weighted by atomic mass is 10.2. The molecule has 0 bridgehead atoms. The first-order chi connectivity index (χ1) is 12.2. The van der Waals surface area contributed by atoms with E-state index in [9.17, 15) is 0 Å². The maximum Gasteiger partial charge on any atom is 0.159 e. The van der Waals surface area contributed by atoms with Crippen LogP contribution in [0.4, 0.5) is 17.3 Å². The predicted molar refractivity (Wildman–Crippen MR) is 93.9 cm³/mol. The maximum atomic E-state index is 8.76. The molecule has 3 rings (SSSR count). The summed E-state index contributed by atoms with van der Waals surface area (Å²) in [5.41, 5.74) is 7.65. The number of rotatable bonds is 4. The average Bonchev–Trinajstić information content (AvgIpc) is 3.03. The molecule has 0 saturated heterocycles. The number of hydrogen-bond donors (Lipinski definition) is 3. The zero-order valence-corrected chi connectivity index (χ0v) is 13.8. The fraction of sp³-hybridized carbons (Fsp3) is 0.353. The Labute approximate surface area is 145 Å². The molecule has 2 aromatic heterocycles. The Morgan fingerprint density at radius 3 is 2.72 bits per heavy atom. The fourth-order valence-electron chi connectivity index (χ4n) is 2.72. The van der Waals surface area contributed by atoms with E-state index in [2.05, 4.69) is 42.6 Å². The van der Waals surface area contributed by atoms with Crippen LogP contribution in [0.5, 0.6) is 0 Å². The van der Waals surface area contributed by atoms with Gasteiger partial charge in [0.15, 0.2) is 17.2 Å². The van der Waals surface area contributed by atoms with Crippen LogP contribution in [0, 0.1) is 23.2 Å². The Balaban J connectivity index is 1.80. The molecule has 8 heteroatoms. The molecule has 1 aliphatic rings. The molecule has 0 aromatic carbocycles. The van der Waals surface area contributed by atoms with Crippen molar-refractivity contribution in [2.24, 2.45) is 5.73 Å². The van der Waals surface area contributed by atoms with Gasteiger partial charge < -0.3 is 16.4 Å². The van der Waals surface area contributed by atoms with Gasteiger partial charge in [-0.05, 0) is 32.1 Å². The van der Waals surface area contributed by atoms with Crippen LogP contribution in [0.25, 0.3) is 0 Å². The summed E-state index contributed by atoms with van der Waals surface area (Å²) >= 11 is 0. The van der Waals surface area contributed by atoms with Crippen LogP contribution in [0.1, 0.15) is 37.6 Å². The first kappa shape index (κ1) is 16.6. The molecule has 1 saturated carbocycles. The lowest BCUT2D eigenvalue weighted by Crippen LogP contribution is -2.21. The third kappa shape index (κ3) is 4.19. The van der Waals surface area contributed by atoms with E-state index in [1.807, 2.05) is 12.1 Å². The first-order valence-corrected chi connectivity index (χ1v) is 7.99. The molecule has 0 radical (unpaired) electrons. The molecular weight excluding hydrogens is 316 g/mol. The molecule has 1 aliphatic carbocycles. The summed E-state index contributed by atoms with van der Waals surface area (Å²) in [6, 6.07) is 4.31. The third-order valence-electron chi connectivity index (χ3n) is 3.89. The molecule has 4 N–H and O–H groups in total. The zero-order chi connectivity index (χ0) is 17.6. The molecule has 8 nitrogen and oxygen atoms in total. The van der Waals surface area contributed by atoms with E-state index < -0.39 is 0 Å². The third-order valence-corrected chi connectivity index (χ3v) is 3.89. The first-order valence-electron chi connectivity index (χ1n) is 7.99. The van der Waals surface area contributed by atoms with Crippen molar-refractivity contribution >= 4 is 17.3 Å². The van der Waals surface area contributed by atoms with Gasteiger partial charge in [0.05, 0.1) is 18.1 Å². The topological polar surface area (TPSA) is 125 Å². The Kier molecular flexibility index (Phi) is 5.03. The molecular formula is C17H18N8. The highest BCUT2D eigenvalue weighted by molar-refractivity contribution is 5.63. The van der Waals surface area contributed by atoms with Gasteiger partial charge in [-0.1, -0.05) is 5.92 Å². The molecule has 0 amide bonds. The number of nitrogens with zero attached hydrogens (tertiary/aromatic N) is 5. The lowest BCUT2D eigenvalue weighted by Gasteiger charge is -2.15. The summed E-state index contributed by atoms with van der Waals surface area (Å²) in [6.45, 7) is 1.76. The second-order valence-electron chi connectivity index (χ2n) is 5.80. The Hall–Kier alpha value is -3.23. The minimum atomic E-state index is 0.236. The molecule has 2 unspecified atom stereocenters. The summed E-state index contributed by atoms with van der Waals surface area (Å²) in [7, 11) is 0. The Morgan fingerprint density at radius 1 is 1.20 bits per heavy atom. The summed E-state index contributed by atoms with van der Waals surface area (Å²) in [5.74, 6) is 6.81. The van der Waals surface area contributed by atoms with Gasteiger partial charge in [-0.15, -0.1) is 10.2 Å². The van der Waals surface area contributed by atoms with Crippen LogP contribution in [0.2, 0.25) is 0 Å². The van der Waals surface area contributed by atoms with Crippen molar-refractivity contribution in [1.29, 1.82) is 5.26 Å². The van der Waals surface area contributed by atoms with Crippen LogP contribution >= 0.6 is 0 Å². The SMILES string of the molecule is CC#Cc1nnc(Nc2cnc(C#N)cn2)cc1NC1CCC(N)C1. The van der Waals surface area contributed by atoms with E-state index >= 15 is 0 Å². The largest absolute Gasteiger partial charge is 0.380 e. The van der Waals surface area contributed by atoms with Crippen LogP contribution in [0.15, 0.2) is 18.5 Å². The van der Waals surface area contributed by atoms with Gasteiger partial charge in [-0.2, -0.15) is 5.26 Å². The monoisotopic (exact) mass is 334 g/mol. The lowest BCUT2D eigenvalue weighted by molar-refractivity contribution is 0.687. The van der Waals surface area contributed by atoms with Gasteiger partial charge in [-0.3, -0.25) is 0 Å². The van der Waals surface area contributed by atoms with Crippen molar-refractivity contribution in [1.82, 2.24) is 20.2 Å². The highest BCUT2D eigenvalue weighted by Gasteiger charge is 2.22. The Morgan fingerprint density at radius 2 is 2.08 bits per heavy atom. The van der Waals surface area contributed by atoms with Crippen LogP contribution < -0.4 is 16.4 Å². The smallest absolute Gasteiger partial charge is 0.159 e. The van der Waals surface area contributed by atoms with Gasteiger partial charge in [0.25, 0.3) is 0 Å². The average molecular weight is 334 g/mol. The van der Waals surface area contributed by atoms with Crippen molar-refractivity contribution < 1.29 is 0 Å². The van der Waals surface area contributed by atoms with Gasteiger partial charge in [-0.25, -0.2) is 9.97 Å². The van der Waals surface area contributed by atoms with Crippen molar-refractivity contribution in [2.45, 2.75) is 38.3 Å². The molecule has 2 aromatic rings. The van der Waals surface area contributed by atoms with E-state index in [1.165, 1.54) is 12.4 Å². The number of nitriles is 1. The summed E-state index contributed by atoms with van der Waals surface area (Å²) in [5, 5.41) is 23.6. The summed E-state index contributed by atoms with van der Waals surface area (Å²) in [6.07, 6.45) is 5.82. The molecule has 0 spiro atoms. The maximum absolute atomic E-state index is 8.76. The van der Waals surface area contributed by atoms with E-state index in [1.54, 1.807) is 6.92 Å². The molecule has 0 aliphatic heterocycles. The van der Waals surface area contributed by atoms with Crippen LogP contribution in [-0.2, 0) is 0 Å². The second-order valence-corrected chi connectivity index (χ2v) is 5.80. The van der Waals surface area contributed by atoms with Crippen LogP contribution in [0.3, 0.4) is 0 Å². The zero-order valence-electron chi connectivity index (χ0n) is 13.8. The van der Waals surface area contributed by atoms with Gasteiger partial charge in [0.2, 0.25) is 0 Å². The van der Waals surface area contributed by atoms with E-state index in [4.69, 9.17) is 11.0 Å².